The van der Waals surface area contributed by atoms with Crippen LogP contribution in [0, 0.1) is 17.1 Å². The maximum atomic E-state index is 13.9. The molecule has 1 aliphatic rings. The number of halogens is 1. The molecule has 0 aliphatic carbocycles. The van der Waals surface area contributed by atoms with Gasteiger partial charge in [0.1, 0.15) is 5.82 Å². The fraction of sp³-hybridized carbons (Fsp3) is 0.333. The summed E-state index contributed by atoms with van der Waals surface area (Å²) < 4.78 is 13.9. The largest absolute Gasteiger partial charge is 0.371 e. The Morgan fingerprint density at radius 3 is 2.63 bits per heavy atom. The van der Waals surface area contributed by atoms with E-state index in [1.165, 1.54) is 17.8 Å². The van der Waals surface area contributed by atoms with Crippen molar-refractivity contribution in [3.8, 4) is 6.07 Å². The van der Waals surface area contributed by atoms with Gasteiger partial charge in [-0.1, -0.05) is 18.2 Å². The van der Waals surface area contributed by atoms with E-state index < -0.39 is 0 Å². The summed E-state index contributed by atoms with van der Waals surface area (Å²) in [4.78, 5) is 6.63. The molecule has 0 unspecified atom stereocenters. The molecule has 6 heteroatoms. The number of nitrogens with one attached hydrogen (secondary N) is 2. The van der Waals surface area contributed by atoms with Gasteiger partial charge in [0.2, 0.25) is 0 Å². The molecule has 3 rings (SSSR count). The number of hydrogen-bond acceptors (Lipinski definition) is 3. The SMILES string of the molecule is CN=C(NCc1cc(C#N)ccc1F)NC1CCN(c2ccccc2)CC1. The van der Waals surface area contributed by atoms with Gasteiger partial charge >= 0.3 is 0 Å². The van der Waals surface area contributed by atoms with Crippen LogP contribution >= 0.6 is 0 Å². The van der Waals surface area contributed by atoms with Crippen LogP contribution in [0.4, 0.5) is 10.1 Å². The summed E-state index contributed by atoms with van der Waals surface area (Å²) in [5.41, 5.74) is 2.16. The Balaban J connectivity index is 1.51. The minimum absolute atomic E-state index is 0.282. The van der Waals surface area contributed by atoms with Crippen LogP contribution in [0.5, 0.6) is 0 Å². The van der Waals surface area contributed by atoms with Crippen LogP contribution in [0.15, 0.2) is 53.5 Å². The predicted molar refractivity (Wildman–Crippen MR) is 106 cm³/mol. The number of guanidine groups is 1. The number of nitrogens with zero attached hydrogens (tertiary/aromatic N) is 3. The molecule has 1 aliphatic heterocycles. The summed E-state index contributed by atoms with van der Waals surface area (Å²) in [5, 5.41) is 15.5. The standard InChI is InChI=1S/C21H24FN5/c1-24-21(25-15-17-13-16(14-23)7-8-20(17)22)26-18-9-11-27(12-10-18)19-5-3-2-4-6-19/h2-8,13,18H,9-12,15H2,1H3,(H2,24,25,26). The lowest BCUT2D eigenvalue weighted by molar-refractivity contribution is 0.461. The zero-order valence-corrected chi connectivity index (χ0v) is 15.5. The van der Waals surface area contributed by atoms with E-state index in [1.807, 2.05) is 12.1 Å². The first-order chi connectivity index (χ1) is 13.2. The second-order valence-electron chi connectivity index (χ2n) is 6.58. The summed E-state index contributed by atoms with van der Waals surface area (Å²) in [7, 11) is 1.70. The summed E-state index contributed by atoms with van der Waals surface area (Å²) in [5.74, 6) is 0.322. The molecule has 0 bridgehead atoms. The van der Waals surface area contributed by atoms with Crippen molar-refractivity contribution in [1.82, 2.24) is 10.6 Å². The van der Waals surface area contributed by atoms with Gasteiger partial charge in [-0.2, -0.15) is 5.26 Å². The Morgan fingerprint density at radius 1 is 1.22 bits per heavy atom. The van der Waals surface area contributed by atoms with E-state index in [9.17, 15) is 4.39 Å². The van der Waals surface area contributed by atoms with Gasteiger partial charge in [-0.3, -0.25) is 4.99 Å². The Hall–Kier alpha value is -3.07. The molecule has 0 spiro atoms. The van der Waals surface area contributed by atoms with E-state index in [0.29, 0.717) is 23.1 Å². The second-order valence-corrected chi connectivity index (χ2v) is 6.58. The van der Waals surface area contributed by atoms with Crippen molar-refractivity contribution in [1.29, 1.82) is 5.26 Å². The minimum atomic E-state index is -0.326. The van der Waals surface area contributed by atoms with E-state index in [-0.39, 0.29) is 12.4 Å². The van der Waals surface area contributed by atoms with Crippen molar-refractivity contribution < 1.29 is 4.39 Å². The monoisotopic (exact) mass is 365 g/mol. The van der Waals surface area contributed by atoms with Gasteiger partial charge in [0.05, 0.1) is 11.6 Å². The molecule has 1 fully saturated rings. The van der Waals surface area contributed by atoms with E-state index >= 15 is 0 Å². The summed E-state index contributed by atoms with van der Waals surface area (Å²) in [6, 6.07) is 17.2. The van der Waals surface area contributed by atoms with Gasteiger partial charge in [0, 0.05) is 44.0 Å². The molecule has 5 nitrogen and oxygen atoms in total. The highest BCUT2D eigenvalue weighted by molar-refractivity contribution is 5.80. The fourth-order valence-corrected chi connectivity index (χ4v) is 3.27. The smallest absolute Gasteiger partial charge is 0.191 e. The summed E-state index contributed by atoms with van der Waals surface area (Å²) in [6.45, 7) is 2.25. The Kier molecular flexibility index (Phi) is 6.26. The van der Waals surface area contributed by atoms with Crippen molar-refractivity contribution >= 4 is 11.6 Å². The molecule has 0 amide bonds. The van der Waals surface area contributed by atoms with E-state index in [0.717, 1.165) is 25.9 Å². The minimum Gasteiger partial charge on any atom is -0.371 e. The maximum absolute atomic E-state index is 13.9. The van der Waals surface area contributed by atoms with Crippen molar-refractivity contribution in [2.75, 3.05) is 25.0 Å². The first kappa shape index (κ1) is 18.7. The van der Waals surface area contributed by atoms with Crippen molar-refractivity contribution in [2.24, 2.45) is 4.99 Å². The second kappa shape index (κ2) is 9.04. The van der Waals surface area contributed by atoms with Gasteiger partial charge in [0.15, 0.2) is 5.96 Å². The third-order valence-electron chi connectivity index (χ3n) is 4.80. The highest BCUT2D eigenvalue weighted by atomic mass is 19.1. The Morgan fingerprint density at radius 2 is 1.96 bits per heavy atom. The van der Waals surface area contributed by atoms with Crippen LogP contribution in [0.2, 0.25) is 0 Å². The van der Waals surface area contributed by atoms with Gasteiger partial charge in [-0.05, 0) is 43.2 Å². The van der Waals surface area contributed by atoms with E-state index in [1.54, 1.807) is 13.1 Å². The quantitative estimate of drug-likeness (QED) is 0.646. The number of rotatable bonds is 4. The molecular formula is C21H24FN5. The third-order valence-corrected chi connectivity index (χ3v) is 4.80. The highest BCUT2D eigenvalue weighted by Gasteiger charge is 2.20. The molecule has 27 heavy (non-hydrogen) atoms. The molecule has 140 valence electrons. The predicted octanol–water partition coefficient (Wildman–Crippen LogP) is 3.03. The molecule has 1 saturated heterocycles. The molecule has 1 heterocycles. The first-order valence-electron chi connectivity index (χ1n) is 9.15. The van der Waals surface area contributed by atoms with Crippen LogP contribution < -0.4 is 15.5 Å². The normalized spacial score (nSPS) is 15.3. The van der Waals surface area contributed by atoms with Gasteiger partial charge < -0.3 is 15.5 Å². The molecule has 2 N–H and O–H groups in total. The zero-order chi connectivity index (χ0) is 19.1. The maximum Gasteiger partial charge on any atom is 0.191 e. The molecule has 0 aromatic heterocycles. The average Bonchev–Trinajstić information content (AvgIpc) is 2.73. The third kappa shape index (κ3) is 4.98. The van der Waals surface area contributed by atoms with E-state index in [4.69, 9.17) is 5.26 Å². The van der Waals surface area contributed by atoms with Gasteiger partial charge in [-0.25, -0.2) is 4.39 Å². The number of para-hydroxylation sites is 1. The Bertz CT molecular complexity index is 820. The van der Waals surface area contributed by atoms with Gasteiger partial charge in [0.25, 0.3) is 0 Å². The van der Waals surface area contributed by atoms with Crippen molar-refractivity contribution in [2.45, 2.75) is 25.4 Å². The summed E-state index contributed by atoms with van der Waals surface area (Å²) >= 11 is 0. The average molecular weight is 365 g/mol. The lowest BCUT2D eigenvalue weighted by Gasteiger charge is -2.34. The zero-order valence-electron chi connectivity index (χ0n) is 15.5. The van der Waals surface area contributed by atoms with Crippen LogP contribution in [0.25, 0.3) is 0 Å². The lowest BCUT2D eigenvalue weighted by Crippen LogP contribution is -2.48. The van der Waals surface area contributed by atoms with E-state index in [2.05, 4.69) is 44.8 Å². The first-order valence-corrected chi connectivity index (χ1v) is 9.15. The molecule has 0 radical (unpaired) electrons. The molecule has 0 saturated carbocycles. The van der Waals surface area contributed by atoms with Crippen LogP contribution in [-0.2, 0) is 6.54 Å². The summed E-state index contributed by atoms with van der Waals surface area (Å²) in [6.07, 6.45) is 2.02. The highest BCUT2D eigenvalue weighted by Crippen LogP contribution is 2.19. The molecular weight excluding hydrogens is 341 g/mol. The van der Waals surface area contributed by atoms with Gasteiger partial charge in [-0.15, -0.1) is 0 Å². The lowest BCUT2D eigenvalue weighted by atomic mass is 10.0. The molecule has 2 aromatic rings. The van der Waals surface area contributed by atoms with Crippen molar-refractivity contribution in [3.05, 3.63) is 65.5 Å². The van der Waals surface area contributed by atoms with Crippen LogP contribution in [0.1, 0.15) is 24.0 Å². The number of anilines is 1. The Labute approximate surface area is 159 Å². The fourth-order valence-electron chi connectivity index (χ4n) is 3.27. The van der Waals surface area contributed by atoms with Crippen molar-refractivity contribution in [3.63, 3.8) is 0 Å². The molecule has 2 aromatic carbocycles. The topological polar surface area (TPSA) is 63.5 Å². The number of benzene rings is 2. The number of aliphatic imine (C=N–C) groups is 1. The number of nitriles is 1. The number of piperidine rings is 1. The number of hydrogen-bond donors (Lipinski definition) is 2. The van der Waals surface area contributed by atoms with Crippen LogP contribution in [-0.4, -0.2) is 32.1 Å². The van der Waals surface area contributed by atoms with Crippen LogP contribution in [0.3, 0.4) is 0 Å². The molecule has 0 atom stereocenters.